The molecule has 1 fully saturated rings. The number of benzene rings is 2. The Bertz CT molecular complexity index is 1100. The van der Waals surface area contributed by atoms with E-state index in [1.54, 1.807) is 28.4 Å². The standard InChI is InChI=1S/C24H23ClN2O4S/c1-30-19-13-20(31-2)18(12-17(19)25)27-14-16(11-22(27)28)24(29)26-23(21-9-6-10-32-21)15-7-4-3-5-8-15/h3-10,12-13,16,23H,11,14H2,1-2H3,(H,26,29). The molecule has 0 radical (unpaired) electrons. The highest BCUT2D eigenvalue weighted by Crippen LogP contribution is 2.40. The van der Waals surface area contributed by atoms with Crippen LogP contribution in [0.5, 0.6) is 11.5 Å². The molecule has 0 bridgehead atoms. The molecule has 2 unspecified atom stereocenters. The Kier molecular flexibility index (Phi) is 6.67. The van der Waals surface area contributed by atoms with Crippen molar-refractivity contribution in [2.75, 3.05) is 25.7 Å². The first-order valence-corrected chi connectivity index (χ1v) is 11.4. The van der Waals surface area contributed by atoms with Crippen molar-refractivity contribution in [3.8, 4) is 11.5 Å². The van der Waals surface area contributed by atoms with Gasteiger partial charge in [-0.2, -0.15) is 0 Å². The molecule has 166 valence electrons. The van der Waals surface area contributed by atoms with E-state index >= 15 is 0 Å². The van der Waals surface area contributed by atoms with Gasteiger partial charge in [-0.15, -0.1) is 11.3 Å². The number of rotatable bonds is 7. The van der Waals surface area contributed by atoms with Gasteiger partial charge in [-0.1, -0.05) is 48.0 Å². The summed E-state index contributed by atoms with van der Waals surface area (Å²) in [5.41, 5.74) is 1.52. The summed E-state index contributed by atoms with van der Waals surface area (Å²) < 4.78 is 10.7. The summed E-state index contributed by atoms with van der Waals surface area (Å²) in [7, 11) is 3.03. The largest absolute Gasteiger partial charge is 0.495 e. The second-order valence-corrected chi connectivity index (χ2v) is 8.82. The van der Waals surface area contributed by atoms with Crippen LogP contribution in [0.25, 0.3) is 0 Å². The first-order chi connectivity index (χ1) is 15.5. The van der Waals surface area contributed by atoms with Crippen molar-refractivity contribution < 1.29 is 19.1 Å². The summed E-state index contributed by atoms with van der Waals surface area (Å²) in [6.45, 7) is 0.246. The molecule has 32 heavy (non-hydrogen) atoms. The fourth-order valence-corrected chi connectivity index (χ4v) is 4.89. The number of anilines is 1. The Hall–Kier alpha value is -3.03. The van der Waals surface area contributed by atoms with Gasteiger partial charge in [0.15, 0.2) is 0 Å². The number of nitrogens with zero attached hydrogens (tertiary/aromatic N) is 1. The molecule has 1 aliphatic rings. The van der Waals surface area contributed by atoms with Crippen LogP contribution in [0.2, 0.25) is 5.02 Å². The number of hydrogen-bond acceptors (Lipinski definition) is 5. The van der Waals surface area contributed by atoms with Crippen LogP contribution < -0.4 is 19.7 Å². The maximum atomic E-state index is 13.2. The lowest BCUT2D eigenvalue weighted by atomic mass is 10.0. The van der Waals surface area contributed by atoms with Crippen LogP contribution in [0, 0.1) is 5.92 Å². The van der Waals surface area contributed by atoms with Gasteiger partial charge < -0.3 is 19.7 Å². The number of halogens is 1. The van der Waals surface area contributed by atoms with E-state index < -0.39 is 5.92 Å². The zero-order chi connectivity index (χ0) is 22.7. The molecule has 1 N–H and O–H groups in total. The van der Waals surface area contributed by atoms with Gasteiger partial charge in [-0.25, -0.2) is 0 Å². The van der Waals surface area contributed by atoms with Crippen LogP contribution in [0.15, 0.2) is 60.0 Å². The van der Waals surface area contributed by atoms with Crippen molar-refractivity contribution >= 4 is 40.4 Å². The fraction of sp³-hybridized carbons (Fsp3) is 0.250. The number of thiophene rings is 1. The molecule has 4 rings (SSSR count). The number of methoxy groups -OCH3 is 2. The monoisotopic (exact) mass is 470 g/mol. The second kappa shape index (κ2) is 9.63. The van der Waals surface area contributed by atoms with E-state index in [0.717, 1.165) is 10.4 Å². The number of ether oxygens (including phenoxy) is 2. The molecule has 1 aliphatic heterocycles. The highest BCUT2D eigenvalue weighted by Gasteiger charge is 2.37. The topological polar surface area (TPSA) is 67.9 Å². The van der Waals surface area contributed by atoms with Gasteiger partial charge in [0, 0.05) is 23.9 Å². The molecule has 0 spiro atoms. The summed E-state index contributed by atoms with van der Waals surface area (Å²) in [5.74, 6) is 0.106. The molecule has 0 saturated carbocycles. The highest BCUT2D eigenvalue weighted by atomic mass is 35.5. The van der Waals surface area contributed by atoms with Crippen LogP contribution >= 0.6 is 22.9 Å². The maximum absolute atomic E-state index is 13.2. The van der Waals surface area contributed by atoms with E-state index in [1.165, 1.54) is 14.2 Å². The van der Waals surface area contributed by atoms with Crippen LogP contribution in [-0.2, 0) is 9.59 Å². The van der Waals surface area contributed by atoms with Crippen LogP contribution in [-0.4, -0.2) is 32.6 Å². The smallest absolute Gasteiger partial charge is 0.227 e. The Morgan fingerprint density at radius 3 is 2.53 bits per heavy atom. The molecule has 1 saturated heterocycles. The van der Waals surface area contributed by atoms with Crippen molar-refractivity contribution in [1.29, 1.82) is 0 Å². The lowest BCUT2D eigenvalue weighted by Gasteiger charge is -2.22. The average Bonchev–Trinajstić information content (AvgIpc) is 3.48. The Labute approximate surface area is 195 Å². The first kappa shape index (κ1) is 22.2. The Morgan fingerprint density at radius 2 is 1.88 bits per heavy atom. The molecule has 2 heterocycles. The van der Waals surface area contributed by atoms with Crippen molar-refractivity contribution in [3.05, 3.63) is 75.4 Å². The summed E-state index contributed by atoms with van der Waals surface area (Å²) in [4.78, 5) is 28.6. The van der Waals surface area contributed by atoms with Gasteiger partial charge in [-0.05, 0) is 23.1 Å². The predicted molar refractivity (Wildman–Crippen MR) is 126 cm³/mol. The van der Waals surface area contributed by atoms with E-state index in [-0.39, 0.29) is 30.8 Å². The number of carbonyl (C=O) groups is 2. The molecular formula is C24H23ClN2O4S. The van der Waals surface area contributed by atoms with Crippen molar-refractivity contribution in [2.45, 2.75) is 12.5 Å². The van der Waals surface area contributed by atoms with E-state index in [0.29, 0.717) is 22.2 Å². The number of carbonyl (C=O) groups excluding carboxylic acids is 2. The second-order valence-electron chi connectivity index (χ2n) is 7.43. The Balaban J connectivity index is 1.55. The third-order valence-corrected chi connectivity index (χ3v) is 6.72. The third-order valence-electron chi connectivity index (χ3n) is 5.49. The van der Waals surface area contributed by atoms with Crippen molar-refractivity contribution in [3.63, 3.8) is 0 Å². The van der Waals surface area contributed by atoms with Gasteiger partial charge >= 0.3 is 0 Å². The first-order valence-electron chi connectivity index (χ1n) is 10.1. The molecule has 3 aromatic rings. The van der Waals surface area contributed by atoms with Gasteiger partial charge in [-0.3, -0.25) is 9.59 Å². The van der Waals surface area contributed by atoms with Crippen LogP contribution in [0.4, 0.5) is 5.69 Å². The van der Waals surface area contributed by atoms with E-state index in [1.807, 2.05) is 47.8 Å². The summed E-state index contributed by atoms with van der Waals surface area (Å²) >= 11 is 7.86. The molecular weight excluding hydrogens is 448 g/mol. The molecule has 6 nitrogen and oxygen atoms in total. The molecule has 8 heteroatoms. The lowest BCUT2D eigenvalue weighted by molar-refractivity contribution is -0.126. The van der Waals surface area contributed by atoms with Crippen molar-refractivity contribution in [2.24, 2.45) is 5.92 Å². The predicted octanol–water partition coefficient (Wildman–Crippen LogP) is 4.68. The van der Waals surface area contributed by atoms with Gasteiger partial charge in [0.05, 0.1) is 36.9 Å². The zero-order valence-corrected chi connectivity index (χ0v) is 19.3. The van der Waals surface area contributed by atoms with E-state index in [4.69, 9.17) is 21.1 Å². The minimum absolute atomic E-state index is 0.116. The average molecular weight is 471 g/mol. The lowest BCUT2D eigenvalue weighted by Crippen LogP contribution is -2.35. The molecule has 2 aromatic carbocycles. The highest BCUT2D eigenvalue weighted by molar-refractivity contribution is 7.10. The van der Waals surface area contributed by atoms with Gasteiger partial charge in [0.25, 0.3) is 0 Å². The minimum atomic E-state index is -0.487. The molecule has 2 atom stereocenters. The maximum Gasteiger partial charge on any atom is 0.227 e. The van der Waals surface area contributed by atoms with Crippen molar-refractivity contribution in [1.82, 2.24) is 5.32 Å². The normalized spacial score (nSPS) is 16.7. The van der Waals surface area contributed by atoms with E-state index in [9.17, 15) is 9.59 Å². The quantitative estimate of drug-likeness (QED) is 0.544. The number of amides is 2. The summed E-state index contributed by atoms with van der Waals surface area (Å²) in [5, 5.41) is 5.49. The molecule has 2 amide bonds. The minimum Gasteiger partial charge on any atom is -0.495 e. The third kappa shape index (κ3) is 4.45. The van der Waals surface area contributed by atoms with Gasteiger partial charge in [0.2, 0.25) is 11.8 Å². The van der Waals surface area contributed by atoms with Crippen LogP contribution in [0.3, 0.4) is 0 Å². The Morgan fingerprint density at radius 1 is 1.12 bits per heavy atom. The number of nitrogens with one attached hydrogen (secondary N) is 1. The van der Waals surface area contributed by atoms with Gasteiger partial charge in [0.1, 0.15) is 11.5 Å². The molecule has 0 aliphatic carbocycles. The SMILES string of the molecule is COc1cc(OC)c(N2CC(C(=O)NC(c3ccccc3)c3cccs3)CC2=O)cc1Cl. The summed E-state index contributed by atoms with van der Waals surface area (Å²) in [6.07, 6.45) is 0.116. The van der Waals surface area contributed by atoms with Crippen LogP contribution in [0.1, 0.15) is 22.9 Å². The molecule has 1 aromatic heterocycles. The van der Waals surface area contributed by atoms with E-state index in [2.05, 4.69) is 5.32 Å². The zero-order valence-electron chi connectivity index (χ0n) is 17.7. The summed E-state index contributed by atoms with van der Waals surface area (Å²) in [6, 6.07) is 16.8. The fourth-order valence-electron chi connectivity index (χ4n) is 3.85. The number of hydrogen-bond donors (Lipinski definition) is 1.